The third kappa shape index (κ3) is 4.22. The van der Waals surface area contributed by atoms with E-state index in [-0.39, 0.29) is 28.7 Å². The number of fused-ring (bicyclic) bond motifs is 1. The summed E-state index contributed by atoms with van der Waals surface area (Å²) in [6.07, 6.45) is 1.70. The molecule has 1 fully saturated rings. The summed E-state index contributed by atoms with van der Waals surface area (Å²) in [6, 6.07) is 4.01. The highest BCUT2D eigenvalue weighted by molar-refractivity contribution is 8.04. The fourth-order valence-electron chi connectivity index (χ4n) is 4.85. The maximum absolute atomic E-state index is 15.3. The quantitative estimate of drug-likeness (QED) is 0.379. The molecule has 0 aliphatic carbocycles. The lowest BCUT2D eigenvalue weighted by atomic mass is 9.85. The van der Waals surface area contributed by atoms with Crippen LogP contribution in [0.1, 0.15) is 50.2 Å². The van der Waals surface area contributed by atoms with Crippen molar-refractivity contribution in [2.24, 2.45) is 4.99 Å². The molecule has 0 spiro atoms. The molecule has 0 radical (unpaired) electrons. The van der Waals surface area contributed by atoms with Crippen LogP contribution >= 0.6 is 0 Å². The lowest BCUT2D eigenvalue weighted by molar-refractivity contribution is 0.102. The Hall–Kier alpha value is -3.45. The number of ether oxygens (including phenoxy) is 1. The number of nitrogens with one attached hydrogen (secondary N) is 3. The predicted octanol–water partition coefficient (Wildman–Crippen LogP) is 2.23. The van der Waals surface area contributed by atoms with Crippen LogP contribution in [0.4, 0.5) is 14.9 Å². The Morgan fingerprint density at radius 2 is 2.00 bits per heavy atom. The molecule has 4 N–H and O–H groups in total. The van der Waals surface area contributed by atoms with Crippen LogP contribution in [0.5, 0.6) is 5.88 Å². The second-order valence-electron chi connectivity index (χ2n) is 9.29. The Labute approximate surface area is 208 Å². The molecule has 4 rings (SSSR count). The number of aliphatic imine (C=N–C) groups is 1. The van der Waals surface area contributed by atoms with E-state index in [4.69, 9.17) is 4.74 Å². The number of hydrogen-bond acceptors (Lipinski definition) is 7. The summed E-state index contributed by atoms with van der Waals surface area (Å²) < 4.78 is 36.7. The molecule has 2 atom stereocenters. The molecule has 2 aliphatic rings. The number of thiol groups is 1. The van der Waals surface area contributed by atoms with Crippen molar-refractivity contribution >= 4 is 33.6 Å². The number of halogens is 1. The van der Waals surface area contributed by atoms with E-state index in [1.165, 1.54) is 30.6 Å². The van der Waals surface area contributed by atoms with Crippen molar-refractivity contribution in [1.29, 1.82) is 0 Å². The number of amides is 2. The number of hydrogen-bond donors (Lipinski definition) is 5. The first-order chi connectivity index (χ1) is 16.9. The minimum absolute atomic E-state index is 0.00927. The normalized spacial score (nSPS) is 24.7. The van der Waals surface area contributed by atoms with E-state index in [9.17, 15) is 18.9 Å². The first-order valence-corrected chi connectivity index (χ1v) is 13.2. The maximum atomic E-state index is 15.3. The highest BCUT2D eigenvalue weighted by Gasteiger charge is 2.59. The molecule has 2 aliphatic heterocycles. The molecule has 3 heterocycles. The Kier molecular flexibility index (Phi) is 6.56. The largest absolute Gasteiger partial charge is 0.477 e. The topological polar surface area (TPSA) is 155 Å². The fourth-order valence-corrected chi connectivity index (χ4v) is 8.52. The highest BCUT2D eigenvalue weighted by Crippen LogP contribution is 2.49. The van der Waals surface area contributed by atoms with Crippen molar-refractivity contribution in [3.05, 3.63) is 47.7 Å². The molecule has 2 amide bonds. The van der Waals surface area contributed by atoms with Gasteiger partial charge in [0, 0.05) is 17.8 Å². The van der Waals surface area contributed by atoms with Gasteiger partial charge >= 0.3 is 6.09 Å². The Morgan fingerprint density at radius 1 is 1.25 bits per heavy atom. The van der Waals surface area contributed by atoms with Gasteiger partial charge in [-0.15, -0.1) is 0 Å². The van der Waals surface area contributed by atoms with Crippen LogP contribution in [0.2, 0.25) is 0 Å². The molecule has 194 valence electrons. The summed E-state index contributed by atoms with van der Waals surface area (Å²) in [5.41, 5.74) is -0.977. The van der Waals surface area contributed by atoms with Gasteiger partial charge in [0.05, 0.1) is 29.0 Å². The van der Waals surface area contributed by atoms with Crippen molar-refractivity contribution in [2.45, 2.75) is 49.7 Å². The van der Waals surface area contributed by atoms with Gasteiger partial charge in [0.15, 0.2) is 0 Å². The summed E-state index contributed by atoms with van der Waals surface area (Å²) in [4.78, 5) is 36.9. The Bertz CT molecular complexity index is 1280. The number of carboxylic acid groups (broad SMARTS) is 1. The second-order valence-corrected chi connectivity index (χ2v) is 12.7. The number of carbonyl (C=O) groups is 2. The molecule has 1 saturated heterocycles. The van der Waals surface area contributed by atoms with Gasteiger partial charge in [0.2, 0.25) is 5.88 Å². The van der Waals surface area contributed by atoms with E-state index in [1.807, 2.05) is 0 Å². The average molecular weight is 521 g/mol. The SMILES string of the molecule is CCOc1cnc(C(=O)Nc2ccc(F)c([C@@]3(C)N=C(NC(=O)O)C(C)(C)[SH]4(=O)NCC[C@@H]34)c2)cn1. The number of nitrogens with zero attached hydrogens (tertiary/aromatic N) is 3. The van der Waals surface area contributed by atoms with Gasteiger partial charge in [-0.25, -0.2) is 19.2 Å². The van der Waals surface area contributed by atoms with Crippen LogP contribution in [0.3, 0.4) is 0 Å². The van der Waals surface area contributed by atoms with Crippen LogP contribution in [0, 0.1) is 5.82 Å². The Balaban J connectivity index is 1.73. The second kappa shape index (κ2) is 9.21. The van der Waals surface area contributed by atoms with Crippen LogP contribution in [-0.2, 0) is 15.7 Å². The van der Waals surface area contributed by atoms with Gasteiger partial charge in [0.1, 0.15) is 22.9 Å². The average Bonchev–Trinajstić information content (AvgIpc) is 3.24. The van der Waals surface area contributed by atoms with Crippen molar-refractivity contribution in [3.63, 3.8) is 0 Å². The first kappa shape index (κ1) is 25.6. The number of benzene rings is 1. The molecule has 13 heteroatoms. The van der Waals surface area contributed by atoms with Crippen LogP contribution in [-0.4, -0.2) is 60.3 Å². The van der Waals surface area contributed by atoms with Gasteiger partial charge < -0.3 is 15.2 Å². The molecule has 1 aromatic heterocycles. The lowest BCUT2D eigenvalue weighted by Crippen LogP contribution is -2.65. The van der Waals surface area contributed by atoms with Crippen molar-refractivity contribution in [1.82, 2.24) is 20.0 Å². The predicted molar refractivity (Wildman–Crippen MR) is 134 cm³/mol. The maximum Gasteiger partial charge on any atom is 0.410 e. The van der Waals surface area contributed by atoms with Crippen LogP contribution in [0.15, 0.2) is 35.6 Å². The molecule has 0 unspecified atom stereocenters. The zero-order valence-electron chi connectivity index (χ0n) is 20.3. The van der Waals surface area contributed by atoms with Crippen LogP contribution < -0.4 is 20.1 Å². The molecular weight excluding hydrogens is 491 g/mol. The van der Waals surface area contributed by atoms with E-state index in [0.717, 1.165) is 0 Å². The lowest BCUT2D eigenvalue weighted by Gasteiger charge is -2.51. The van der Waals surface area contributed by atoms with Crippen molar-refractivity contribution in [3.8, 4) is 5.88 Å². The smallest absolute Gasteiger partial charge is 0.410 e. The molecule has 1 aromatic carbocycles. The third-order valence-corrected chi connectivity index (χ3v) is 11.0. The minimum atomic E-state index is -3.29. The number of anilines is 1. The summed E-state index contributed by atoms with van der Waals surface area (Å²) in [5.74, 6) is -0.912. The molecule has 0 saturated carbocycles. The van der Waals surface area contributed by atoms with Gasteiger partial charge in [-0.3, -0.25) is 24.0 Å². The van der Waals surface area contributed by atoms with Gasteiger partial charge in [0.25, 0.3) is 5.91 Å². The summed E-state index contributed by atoms with van der Waals surface area (Å²) in [5, 5.41) is 13.7. The standard InChI is InChI=1S/C23H29FN6O5S/c1-5-35-18-12-25-16(11-26-18)19(31)28-13-6-7-15(24)14(10-13)23(4)17-8-9-27-36(17,34)22(2,3)20(30-23)29-21(32)33/h6-7,10-12,17,36H,5,8-9H2,1-4H3,(H,27,34)(H,28,31)(H,29,30)(H,32,33)/t17-,23+/m0/s1. The monoisotopic (exact) mass is 520 g/mol. The first-order valence-electron chi connectivity index (χ1n) is 11.4. The minimum Gasteiger partial charge on any atom is -0.477 e. The van der Waals surface area contributed by atoms with Gasteiger partial charge in [-0.05, 0) is 62.4 Å². The van der Waals surface area contributed by atoms with E-state index < -0.39 is 43.5 Å². The van der Waals surface area contributed by atoms with Gasteiger partial charge in [-0.2, -0.15) is 0 Å². The number of amidine groups is 1. The highest BCUT2D eigenvalue weighted by atomic mass is 32.3. The molecule has 11 nitrogen and oxygen atoms in total. The zero-order valence-corrected chi connectivity index (χ0v) is 21.2. The van der Waals surface area contributed by atoms with E-state index in [0.29, 0.717) is 19.6 Å². The van der Waals surface area contributed by atoms with E-state index in [1.54, 1.807) is 27.7 Å². The zero-order chi connectivity index (χ0) is 26.3. The van der Waals surface area contributed by atoms with Gasteiger partial charge in [-0.1, -0.05) is 0 Å². The number of rotatable bonds is 5. The fraction of sp³-hybridized carbons (Fsp3) is 0.435. The number of carbonyl (C=O) groups excluding carboxylic acids is 1. The summed E-state index contributed by atoms with van der Waals surface area (Å²) in [6.45, 7) is 7.59. The third-order valence-electron chi connectivity index (χ3n) is 6.75. The van der Waals surface area contributed by atoms with Crippen molar-refractivity contribution < 1.29 is 28.0 Å². The van der Waals surface area contributed by atoms with Crippen molar-refractivity contribution in [2.75, 3.05) is 18.5 Å². The van der Waals surface area contributed by atoms with Crippen LogP contribution in [0.25, 0.3) is 0 Å². The molecule has 2 aromatic rings. The molecule has 0 bridgehead atoms. The van der Waals surface area contributed by atoms with E-state index in [2.05, 4.69) is 30.3 Å². The number of aromatic nitrogens is 2. The summed E-state index contributed by atoms with van der Waals surface area (Å²) >= 11 is 0. The molecule has 36 heavy (non-hydrogen) atoms. The summed E-state index contributed by atoms with van der Waals surface area (Å²) in [7, 11) is -3.29. The van der Waals surface area contributed by atoms with E-state index >= 15 is 4.39 Å². The Morgan fingerprint density at radius 3 is 2.64 bits per heavy atom. The molecular formula is C23H29FN6O5S.